The van der Waals surface area contributed by atoms with Crippen molar-refractivity contribution in [1.82, 2.24) is 24.7 Å². The Morgan fingerprint density at radius 1 is 1.16 bits per heavy atom. The molecule has 1 aromatic carbocycles. The van der Waals surface area contributed by atoms with Crippen molar-refractivity contribution in [2.45, 2.75) is 50.7 Å². The minimum Gasteiger partial charge on any atom is -0.340 e. The van der Waals surface area contributed by atoms with Crippen LogP contribution in [0, 0.1) is 5.82 Å². The molecule has 3 aliphatic heterocycles. The van der Waals surface area contributed by atoms with E-state index in [1.54, 1.807) is 6.33 Å². The van der Waals surface area contributed by atoms with E-state index in [1.807, 2.05) is 23.9 Å². The highest BCUT2D eigenvalue weighted by Gasteiger charge is 2.40. The number of rotatable bonds is 4. The molecule has 4 heterocycles. The lowest BCUT2D eigenvalue weighted by molar-refractivity contribution is -0.136. The fraction of sp³-hybridized carbons (Fsp3) is 0.478. The van der Waals surface area contributed by atoms with Crippen molar-refractivity contribution in [2.75, 3.05) is 13.1 Å². The van der Waals surface area contributed by atoms with Gasteiger partial charge in [-0.3, -0.25) is 24.6 Å². The summed E-state index contributed by atoms with van der Waals surface area (Å²) < 4.78 is 17.0. The average molecular weight is 439 g/mol. The number of fused-ring (bicyclic) bond motifs is 1. The summed E-state index contributed by atoms with van der Waals surface area (Å²) in [5.74, 6) is -1.38. The van der Waals surface area contributed by atoms with Gasteiger partial charge >= 0.3 is 0 Å². The van der Waals surface area contributed by atoms with E-state index in [4.69, 9.17) is 0 Å². The molecule has 2 fully saturated rings. The van der Waals surface area contributed by atoms with Gasteiger partial charge in [-0.05, 0) is 55.5 Å². The van der Waals surface area contributed by atoms with Crippen LogP contribution in [0.2, 0.25) is 0 Å². The van der Waals surface area contributed by atoms with Gasteiger partial charge in [0.2, 0.25) is 11.8 Å². The zero-order valence-electron chi connectivity index (χ0n) is 18.0. The normalized spacial score (nSPS) is 22.4. The Labute approximate surface area is 185 Å². The predicted molar refractivity (Wildman–Crippen MR) is 113 cm³/mol. The maximum absolute atomic E-state index is 15.0. The van der Waals surface area contributed by atoms with Crippen LogP contribution < -0.4 is 5.32 Å². The molecule has 0 aliphatic carbocycles. The van der Waals surface area contributed by atoms with Gasteiger partial charge in [-0.15, -0.1) is 0 Å². The Morgan fingerprint density at radius 2 is 1.94 bits per heavy atom. The number of aryl methyl sites for hydroxylation is 1. The maximum atomic E-state index is 15.0. The first-order chi connectivity index (χ1) is 15.4. The summed E-state index contributed by atoms with van der Waals surface area (Å²) in [5, 5.41) is 2.29. The largest absolute Gasteiger partial charge is 0.340 e. The molecule has 3 aliphatic rings. The summed E-state index contributed by atoms with van der Waals surface area (Å²) in [7, 11) is 1.95. The number of nitrogens with zero attached hydrogens (tertiary/aromatic N) is 4. The van der Waals surface area contributed by atoms with E-state index in [1.165, 1.54) is 11.0 Å². The number of hydrogen-bond donors (Lipinski definition) is 1. The first kappa shape index (κ1) is 20.8. The fourth-order valence-electron chi connectivity index (χ4n) is 5.10. The molecule has 0 bridgehead atoms. The molecule has 0 spiro atoms. The highest BCUT2D eigenvalue weighted by molar-refractivity contribution is 6.05. The molecule has 1 atom stereocenters. The third-order valence-electron chi connectivity index (χ3n) is 6.81. The van der Waals surface area contributed by atoms with Crippen LogP contribution in [-0.4, -0.2) is 56.2 Å². The Kier molecular flexibility index (Phi) is 5.28. The van der Waals surface area contributed by atoms with Gasteiger partial charge < -0.3 is 9.47 Å². The first-order valence-electron chi connectivity index (χ1n) is 11.0. The number of hydrogen-bond acceptors (Lipinski definition) is 5. The fourth-order valence-corrected chi connectivity index (χ4v) is 5.10. The van der Waals surface area contributed by atoms with Gasteiger partial charge in [-0.2, -0.15) is 0 Å². The maximum Gasteiger partial charge on any atom is 0.255 e. The Bertz CT molecular complexity index is 1090. The number of carbonyl (C=O) groups is 3. The van der Waals surface area contributed by atoms with Crippen LogP contribution in [0.3, 0.4) is 0 Å². The van der Waals surface area contributed by atoms with Crippen molar-refractivity contribution < 1.29 is 18.8 Å². The summed E-state index contributed by atoms with van der Waals surface area (Å²) in [4.78, 5) is 44.7. The number of amides is 3. The molecule has 168 valence electrons. The van der Waals surface area contributed by atoms with Crippen molar-refractivity contribution in [3.05, 3.63) is 52.9 Å². The second-order valence-corrected chi connectivity index (χ2v) is 9.01. The second kappa shape index (κ2) is 8.12. The molecule has 0 radical (unpaired) electrons. The Morgan fingerprint density at radius 3 is 2.62 bits per heavy atom. The standard InChI is InChI=1S/C23H26FN5O3/c1-27-11-16(25-13-27)12-28-6-4-14(5-7-28)17-8-15-10-29(23(32)18(15)9-19(17)24)20-2-3-21(30)26-22(20)31/h8-9,11,13-14,20H,2-7,10,12H2,1H3,(H,26,30,31). The minimum atomic E-state index is -0.686. The molecule has 5 rings (SSSR count). The number of halogens is 1. The average Bonchev–Trinajstić information content (AvgIpc) is 3.31. The van der Waals surface area contributed by atoms with E-state index < -0.39 is 11.9 Å². The number of imide groups is 1. The molecule has 32 heavy (non-hydrogen) atoms. The van der Waals surface area contributed by atoms with Gasteiger partial charge in [0, 0.05) is 38.3 Å². The van der Waals surface area contributed by atoms with Crippen LogP contribution in [0.25, 0.3) is 0 Å². The van der Waals surface area contributed by atoms with E-state index in [9.17, 15) is 14.4 Å². The minimum absolute atomic E-state index is 0.0973. The highest BCUT2D eigenvalue weighted by Crippen LogP contribution is 2.35. The summed E-state index contributed by atoms with van der Waals surface area (Å²) in [6.07, 6.45) is 5.99. The number of carbonyl (C=O) groups excluding carboxylic acids is 3. The van der Waals surface area contributed by atoms with Gasteiger partial charge in [-0.1, -0.05) is 6.07 Å². The predicted octanol–water partition coefficient (Wildman–Crippen LogP) is 1.70. The first-order valence-corrected chi connectivity index (χ1v) is 11.0. The van der Waals surface area contributed by atoms with Gasteiger partial charge in [-0.25, -0.2) is 9.37 Å². The number of imidazole rings is 1. The van der Waals surface area contributed by atoms with Gasteiger partial charge in [0.05, 0.1) is 12.0 Å². The van der Waals surface area contributed by atoms with Gasteiger partial charge in [0.1, 0.15) is 11.9 Å². The zero-order chi connectivity index (χ0) is 22.4. The number of piperidine rings is 2. The lowest BCUT2D eigenvalue weighted by Crippen LogP contribution is -2.52. The third kappa shape index (κ3) is 3.81. The van der Waals surface area contributed by atoms with Crippen LogP contribution in [0.15, 0.2) is 24.7 Å². The number of benzene rings is 1. The van der Waals surface area contributed by atoms with E-state index in [2.05, 4.69) is 15.2 Å². The van der Waals surface area contributed by atoms with Crippen LogP contribution in [0.5, 0.6) is 0 Å². The molecule has 8 nitrogen and oxygen atoms in total. The lowest BCUT2D eigenvalue weighted by Gasteiger charge is -2.32. The van der Waals surface area contributed by atoms with E-state index in [0.717, 1.165) is 43.7 Å². The zero-order valence-corrected chi connectivity index (χ0v) is 18.0. The Balaban J connectivity index is 1.27. The number of nitrogens with one attached hydrogen (secondary N) is 1. The van der Waals surface area contributed by atoms with E-state index in [-0.39, 0.29) is 36.5 Å². The molecule has 9 heteroatoms. The van der Waals surface area contributed by atoms with Crippen molar-refractivity contribution in [3.63, 3.8) is 0 Å². The van der Waals surface area contributed by atoms with Crippen LogP contribution >= 0.6 is 0 Å². The van der Waals surface area contributed by atoms with Crippen molar-refractivity contribution in [3.8, 4) is 0 Å². The summed E-state index contributed by atoms with van der Waals surface area (Å²) in [6, 6.07) is 2.46. The monoisotopic (exact) mass is 439 g/mol. The van der Waals surface area contributed by atoms with Crippen molar-refractivity contribution in [2.24, 2.45) is 7.05 Å². The molecule has 3 amide bonds. The second-order valence-electron chi connectivity index (χ2n) is 9.01. The van der Waals surface area contributed by atoms with Gasteiger partial charge in [0.25, 0.3) is 5.91 Å². The Hall–Kier alpha value is -3.07. The lowest BCUT2D eigenvalue weighted by atomic mass is 9.87. The van der Waals surface area contributed by atoms with Gasteiger partial charge in [0.15, 0.2) is 0 Å². The third-order valence-corrected chi connectivity index (χ3v) is 6.81. The molecule has 1 unspecified atom stereocenters. The molecule has 1 N–H and O–H groups in total. The van der Waals surface area contributed by atoms with Crippen molar-refractivity contribution >= 4 is 17.7 Å². The summed E-state index contributed by atoms with van der Waals surface area (Å²) in [5.41, 5.74) is 2.76. The molecule has 2 saturated heterocycles. The molecular formula is C23H26FN5O3. The summed E-state index contributed by atoms with van der Waals surface area (Å²) in [6.45, 7) is 2.78. The molecule has 1 aromatic heterocycles. The van der Waals surface area contributed by atoms with E-state index >= 15 is 4.39 Å². The van der Waals surface area contributed by atoms with Crippen LogP contribution in [-0.2, 0) is 29.7 Å². The number of aromatic nitrogens is 2. The van der Waals surface area contributed by atoms with E-state index in [0.29, 0.717) is 17.5 Å². The number of likely N-dealkylation sites (tertiary alicyclic amines) is 1. The quantitative estimate of drug-likeness (QED) is 0.733. The summed E-state index contributed by atoms with van der Waals surface area (Å²) >= 11 is 0. The topological polar surface area (TPSA) is 87.5 Å². The molecular weight excluding hydrogens is 413 g/mol. The molecule has 2 aromatic rings. The SMILES string of the molecule is Cn1cnc(CN2CCC(c3cc4c(cc3F)C(=O)N(C3CCC(=O)NC3=O)C4)CC2)c1. The highest BCUT2D eigenvalue weighted by atomic mass is 19.1. The van der Waals surface area contributed by atoms with Crippen molar-refractivity contribution in [1.29, 1.82) is 0 Å². The van der Waals surface area contributed by atoms with Crippen LogP contribution in [0.1, 0.15) is 58.8 Å². The molecule has 0 saturated carbocycles. The smallest absolute Gasteiger partial charge is 0.255 e. The van der Waals surface area contributed by atoms with Crippen LogP contribution in [0.4, 0.5) is 4.39 Å².